The molecule has 0 atom stereocenters. The van der Waals surface area contributed by atoms with E-state index in [0.29, 0.717) is 39.7 Å². The van der Waals surface area contributed by atoms with Crippen LogP contribution >= 0.6 is 0 Å². The molecule has 0 aliphatic heterocycles. The molecule has 3 aromatic rings. The molecule has 0 spiro atoms. The standard InChI is InChI=1S/C32H26N4O2/c1-19(2)23-9-8-20(3)31-25(16-23)21(4)15-27(31)32-28(18-33)26(22-10-12-24(13-11-22)36(37)38)17-30(35-32)29-7-5-6-14-34-29/h5-17,19H,1-4H3. The molecule has 0 bridgehead atoms. The van der Waals surface area contributed by atoms with E-state index < -0.39 is 4.92 Å². The Kier molecular flexibility index (Phi) is 6.44. The molecule has 1 aromatic carbocycles. The molecule has 2 aliphatic rings. The lowest BCUT2D eigenvalue weighted by atomic mass is 9.93. The number of nitro groups is 1. The van der Waals surface area contributed by atoms with E-state index in [1.165, 1.54) is 17.7 Å². The van der Waals surface area contributed by atoms with E-state index in [9.17, 15) is 15.4 Å². The van der Waals surface area contributed by atoms with Crippen LogP contribution in [0.3, 0.4) is 0 Å². The van der Waals surface area contributed by atoms with Crippen molar-refractivity contribution in [1.29, 1.82) is 5.26 Å². The number of aryl methyl sites for hydroxylation is 2. The van der Waals surface area contributed by atoms with E-state index >= 15 is 0 Å². The van der Waals surface area contributed by atoms with Crippen LogP contribution in [-0.4, -0.2) is 14.9 Å². The molecule has 0 saturated heterocycles. The van der Waals surface area contributed by atoms with Crippen LogP contribution in [-0.2, 0) is 0 Å². The molecule has 6 nitrogen and oxygen atoms in total. The molecule has 5 rings (SSSR count). The highest BCUT2D eigenvalue weighted by atomic mass is 16.6. The maximum Gasteiger partial charge on any atom is 0.269 e. The second-order valence-electron chi connectivity index (χ2n) is 9.75. The quantitative estimate of drug-likeness (QED) is 0.180. The third kappa shape index (κ3) is 4.39. The maximum absolute atomic E-state index is 11.2. The number of benzene rings is 1. The van der Waals surface area contributed by atoms with Crippen LogP contribution in [0.15, 0.2) is 79.0 Å². The number of rotatable bonds is 5. The zero-order chi connectivity index (χ0) is 27.0. The molecular weight excluding hydrogens is 472 g/mol. The fourth-order valence-electron chi connectivity index (χ4n) is 4.87. The average Bonchev–Trinajstić information content (AvgIpc) is 3.14. The predicted octanol–water partition coefficient (Wildman–Crippen LogP) is 8.10. The van der Waals surface area contributed by atoms with Crippen LogP contribution in [0.1, 0.15) is 42.0 Å². The number of nitrogens with zero attached hydrogens (tertiary/aromatic N) is 4. The van der Waals surface area contributed by atoms with Gasteiger partial charge in [0, 0.05) is 29.5 Å². The summed E-state index contributed by atoms with van der Waals surface area (Å²) >= 11 is 0. The number of hydrogen-bond acceptors (Lipinski definition) is 5. The smallest absolute Gasteiger partial charge is 0.258 e. The van der Waals surface area contributed by atoms with Gasteiger partial charge in [0.25, 0.3) is 5.69 Å². The Bertz CT molecular complexity index is 1680. The lowest BCUT2D eigenvalue weighted by molar-refractivity contribution is -0.384. The molecule has 0 radical (unpaired) electrons. The Morgan fingerprint density at radius 1 is 0.868 bits per heavy atom. The number of nitro benzene ring substituents is 1. The summed E-state index contributed by atoms with van der Waals surface area (Å²) in [6, 6.07) is 24.7. The van der Waals surface area contributed by atoms with Gasteiger partial charge in [-0.25, -0.2) is 4.98 Å². The van der Waals surface area contributed by atoms with Gasteiger partial charge in [0.15, 0.2) is 0 Å². The molecule has 0 unspecified atom stereocenters. The van der Waals surface area contributed by atoms with Gasteiger partial charge >= 0.3 is 0 Å². The molecule has 38 heavy (non-hydrogen) atoms. The average molecular weight is 499 g/mol. The first-order chi connectivity index (χ1) is 18.3. The van der Waals surface area contributed by atoms with Crippen molar-refractivity contribution >= 4 is 5.69 Å². The number of non-ortho nitro benzene ring substituents is 1. The van der Waals surface area contributed by atoms with Crippen molar-refractivity contribution in [3.8, 4) is 51.0 Å². The van der Waals surface area contributed by atoms with E-state index in [1.807, 2.05) is 24.3 Å². The SMILES string of the molecule is Cc1cc(-c2nc(-c3ccccn3)cc(-c3ccc([N+](=O)[O-])cc3)c2C#N)c2c(C)ccc(C(C)C)cc1-2. The van der Waals surface area contributed by atoms with Crippen molar-refractivity contribution in [2.24, 2.45) is 0 Å². The second-order valence-corrected chi connectivity index (χ2v) is 9.75. The van der Waals surface area contributed by atoms with Crippen LogP contribution in [0.2, 0.25) is 0 Å². The maximum atomic E-state index is 11.2. The fourth-order valence-corrected chi connectivity index (χ4v) is 4.87. The summed E-state index contributed by atoms with van der Waals surface area (Å²) in [6.07, 6.45) is 1.71. The van der Waals surface area contributed by atoms with Crippen molar-refractivity contribution in [1.82, 2.24) is 9.97 Å². The van der Waals surface area contributed by atoms with E-state index in [4.69, 9.17) is 4.98 Å². The van der Waals surface area contributed by atoms with Crippen molar-refractivity contribution < 1.29 is 4.92 Å². The lowest BCUT2D eigenvalue weighted by Gasteiger charge is -2.14. The van der Waals surface area contributed by atoms with E-state index in [0.717, 1.165) is 27.8 Å². The summed E-state index contributed by atoms with van der Waals surface area (Å²) in [5.41, 5.74) is 10.2. The van der Waals surface area contributed by atoms with Crippen molar-refractivity contribution in [3.05, 3.63) is 111 Å². The summed E-state index contributed by atoms with van der Waals surface area (Å²) in [5.74, 6) is 0.372. The minimum atomic E-state index is -0.431. The Morgan fingerprint density at radius 2 is 1.63 bits per heavy atom. The summed E-state index contributed by atoms with van der Waals surface area (Å²) in [7, 11) is 0. The Balaban J connectivity index is 1.83. The molecule has 6 heteroatoms. The van der Waals surface area contributed by atoms with Crippen LogP contribution in [0.25, 0.3) is 44.9 Å². The number of nitriles is 1. The normalized spacial score (nSPS) is 11.1. The van der Waals surface area contributed by atoms with Gasteiger partial charge in [-0.1, -0.05) is 38.1 Å². The second kappa shape index (κ2) is 9.87. The van der Waals surface area contributed by atoms with E-state index in [2.05, 4.69) is 63.0 Å². The molecule has 2 aliphatic carbocycles. The van der Waals surface area contributed by atoms with Crippen molar-refractivity contribution in [2.75, 3.05) is 0 Å². The fraction of sp³-hybridized carbons (Fsp3) is 0.156. The molecule has 2 heterocycles. The minimum Gasteiger partial charge on any atom is -0.258 e. The van der Waals surface area contributed by atoms with Crippen LogP contribution in [0.4, 0.5) is 5.69 Å². The minimum absolute atomic E-state index is 0.00628. The van der Waals surface area contributed by atoms with Crippen molar-refractivity contribution in [2.45, 2.75) is 33.6 Å². The van der Waals surface area contributed by atoms with Gasteiger partial charge in [0.05, 0.1) is 27.6 Å². The highest BCUT2D eigenvalue weighted by Crippen LogP contribution is 2.44. The van der Waals surface area contributed by atoms with Crippen LogP contribution in [0.5, 0.6) is 0 Å². The topological polar surface area (TPSA) is 92.7 Å². The zero-order valence-electron chi connectivity index (χ0n) is 21.7. The Labute approximate surface area is 221 Å². The number of fused-ring (bicyclic) bond motifs is 1. The van der Waals surface area contributed by atoms with Crippen LogP contribution < -0.4 is 0 Å². The van der Waals surface area contributed by atoms with Gasteiger partial charge in [-0.3, -0.25) is 15.1 Å². The first kappa shape index (κ1) is 24.8. The zero-order valence-corrected chi connectivity index (χ0v) is 21.7. The molecule has 2 aromatic heterocycles. The predicted molar refractivity (Wildman–Crippen MR) is 150 cm³/mol. The Hall–Kier alpha value is -4.89. The van der Waals surface area contributed by atoms with Gasteiger partial charge in [-0.15, -0.1) is 0 Å². The van der Waals surface area contributed by atoms with E-state index in [1.54, 1.807) is 18.3 Å². The van der Waals surface area contributed by atoms with Crippen LogP contribution in [0, 0.1) is 35.3 Å². The number of pyridine rings is 2. The molecule has 186 valence electrons. The summed E-state index contributed by atoms with van der Waals surface area (Å²) in [4.78, 5) is 20.3. The summed E-state index contributed by atoms with van der Waals surface area (Å²) < 4.78 is 0. The van der Waals surface area contributed by atoms with Gasteiger partial charge < -0.3 is 0 Å². The van der Waals surface area contributed by atoms with E-state index in [-0.39, 0.29) is 5.69 Å². The first-order valence-electron chi connectivity index (χ1n) is 12.4. The first-order valence-corrected chi connectivity index (χ1v) is 12.4. The Morgan fingerprint density at radius 3 is 2.26 bits per heavy atom. The highest BCUT2D eigenvalue weighted by Gasteiger charge is 2.24. The van der Waals surface area contributed by atoms with Gasteiger partial charge in [-0.05, 0) is 89.5 Å². The number of hydrogen-bond donors (Lipinski definition) is 0. The molecular formula is C32H26N4O2. The third-order valence-corrected chi connectivity index (χ3v) is 6.92. The van der Waals surface area contributed by atoms with Crippen molar-refractivity contribution in [3.63, 3.8) is 0 Å². The van der Waals surface area contributed by atoms with Gasteiger partial charge in [0.1, 0.15) is 6.07 Å². The highest BCUT2D eigenvalue weighted by molar-refractivity contribution is 5.94. The molecule has 0 N–H and O–H groups in total. The summed E-state index contributed by atoms with van der Waals surface area (Å²) in [6.45, 7) is 8.53. The molecule has 0 fully saturated rings. The molecule has 0 amide bonds. The number of aromatic nitrogens is 2. The van der Waals surface area contributed by atoms with Gasteiger partial charge in [-0.2, -0.15) is 5.26 Å². The molecule has 0 saturated carbocycles. The summed E-state index contributed by atoms with van der Waals surface area (Å²) in [5, 5.41) is 21.7. The lowest BCUT2D eigenvalue weighted by Crippen LogP contribution is -1.98. The van der Waals surface area contributed by atoms with Gasteiger partial charge in [0.2, 0.25) is 0 Å². The largest absolute Gasteiger partial charge is 0.269 e. The third-order valence-electron chi connectivity index (χ3n) is 6.92. The monoisotopic (exact) mass is 498 g/mol.